The molecule has 0 aliphatic rings. The van der Waals surface area contributed by atoms with E-state index in [1.165, 1.54) is 6.92 Å². The molecule has 1 aromatic carbocycles. The lowest BCUT2D eigenvalue weighted by molar-refractivity contribution is -0.114. The minimum absolute atomic E-state index is 0.0714. The van der Waals surface area contributed by atoms with Gasteiger partial charge in [-0.15, -0.1) is 0 Å². The predicted molar refractivity (Wildman–Crippen MR) is 94.2 cm³/mol. The van der Waals surface area contributed by atoms with Crippen LogP contribution in [0.5, 0.6) is 0 Å². The second-order valence-electron chi connectivity index (χ2n) is 6.48. The third kappa shape index (κ3) is 5.58. The van der Waals surface area contributed by atoms with Gasteiger partial charge >= 0.3 is 0 Å². The number of benzene rings is 1. The highest BCUT2D eigenvalue weighted by Crippen LogP contribution is 2.19. The van der Waals surface area contributed by atoms with Gasteiger partial charge in [-0.2, -0.15) is 4.98 Å². The van der Waals surface area contributed by atoms with Crippen molar-refractivity contribution < 1.29 is 4.79 Å². The largest absolute Gasteiger partial charge is 0.365 e. The molecule has 2 rings (SSSR count). The molecule has 6 heteroatoms. The van der Waals surface area contributed by atoms with Crippen LogP contribution in [-0.2, 0) is 4.79 Å². The van der Waals surface area contributed by atoms with Crippen LogP contribution in [0.25, 0.3) is 0 Å². The predicted octanol–water partition coefficient (Wildman–Crippen LogP) is 3.70. The lowest BCUT2D eigenvalue weighted by atomic mass is 10.1. The number of hydrogen-bond donors (Lipinski definition) is 3. The van der Waals surface area contributed by atoms with E-state index in [0.717, 1.165) is 22.9 Å². The van der Waals surface area contributed by atoms with Crippen molar-refractivity contribution in [2.24, 2.45) is 0 Å². The molecule has 3 N–H and O–H groups in total. The van der Waals surface area contributed by atoms with Gasteiger partial charge < -0.3 is 16.0 Å². The molecule has 122 valence electrons. The molecule has 0 saturated heterocycles. The number of carbonyl (C=O) groups is 1. The summed E-state index contributed by atoms with van der Waals surface area (Å²) in [5, 5.41) is 9.25. The highest BCUT2D eigenvalue weighted by Gasteiger charge is 2.11. The van der Waals surface area contributed by atoms with Crippen molar-refractivity contribution in [3.8, 4) is 0 Å². The van der Waals surface area contributed by atoms with Crippen LogP contribution in [0.4, 0.5) is 23.1 Å². The Morgan fingerprint density at radius 3 is 2.22 bits per heavy atom. The summed E-state index contributed by atoms with van der Waals surface area (Å²) in [5.74, 6) is 1.22. The van der Waals surface area contributed by atoms with Crippen LogP contribution < -0.4 is 16.0 Å². The van der Waals surface area contributed by atoms with Gasteiger partial charge in [-0.1, -0.05) is 0 Å². The molecule has 0 aliphatic carbocycles. The third-order valence-corrected chi connectivity index (χ3v) is 2.82. The van der Waals surface area contributed by atoms with E-state index < -0.39 is 0 Å². The molecule has 0 aliphatic heterocycles. The van der Waals surface area contributed by atoms with E-state index in [-0.39, 0.29) is 11.4 Å². The second kappa shape index (κ2) is 6.64. The molecule has 0 spiro atoms. The number of anilines is 4. The van der Waals surface area contributed by atoms with Crippen molar-refractivity contribution in [3.05, 3.63) is 36.0 Å². The fraction of sp³-hybridized carbons (Fsp3) is 0.353. The first-order valence-electron chi connectivity index (χ1n) is 7.50. The number of carbonyl (C=O) groups excluding carboxylic acids is 1. The van der Waals surface area contributed by atoms with E-state index >= 15 is 0 Å². The first-order valence-corrected chi connectivity index (χ1v) is 7.50. The van der Waals surface area contributed by atoms with Gasteiger partial charge in [0.15, 0.2) is 0 Å². The quantitative estimate of drug-likeness (QED) is 0.802. The van der Waals surface area contributed by atoms with Crippen LogP contribution in [0.2, 0.25) is 0 Å². The zero-order valence-electron chi connectivity index (χ0n) is 14.2. The van der Waals surface area contributed by atoms with Gasteiger partial charge in [-0.25, -0.2) is 4.98 Å². The average Bonchev–Trinajstić information content (AvgIpc) is 2.37. The number of amides is 1. The number of aryl methyl sites for hydroxylation is 1. The maximum atomic E-state index is 11.0. The fourth-order valence-electron chi connectivity index (χ4n) is 2.04. The lowest BCUT2D eigenvalue weighted by Crippen LogP contribution is -2.27. The molecule has 0 radical (unpaired) electrons. The number of hydrogen-bond acceptors (Lipinski definition) is 5. The molecule has 0 unspecified atom stereocenters. The van der Waals surface area contributed by atoms with Crippen molar-refractivity contribution in [1.82, 2.24) is 9.97 Å². The summed E-state index contributed by atoms with van der Waals surface area (Å²) in [4.78, 5) is 19.9. The van der Waals surface area contributed by atoms with Crippen molar-refractivity contribution in [1.29, 1.82) is 0 Å². The number of rotatable bonds is 4. The van der Waals surface area contributed by atoms with E-state index in [1.54, 1.807) is 0 Å². The van der Waals surface area contributed by atoms with Gasteiger partial charge in [-0.3, -0.25) is 4.79 Å². The van der Waals surface area contributed by atoms with Gasteiger partial charge in [0.25, 0.3) is 0 Å². The van der Waals surface area contributed by atoms with Crippen LogP contribution in [0.15, 0.2) is 30.3 Å². The van der Waals surface area contributed by atoms with Crippen LogP contribution in [0.1, 0.15) is 33.4 Å². The molecule has 1 amide bonds. The second-order valence-corrected chi connectivity index (χ2v) is 6.48. The maximum Gasteiger partial charge on any atom is 0.229 e. The maximum absolute atomic E-state index is 11.0. The van der Waals surface area contributed by atoms with Gasteiger partial charge in [0.1, 0.15) is 5.82 Å². The standard InChI is InChI=1S/C17H23N5O/c1-11-10-15(22-17(3,4)5)21-16(18-11)20-14-8-6-13(7-9-14)19-12(2)23/h6-10H,1-5H3,(H,19,23)(H2,18,20,21,22). The topological polar surface area (TPSA) is 78.9 Å². The molecule has 2 aromatic rings. The van der Waals surface area contributed by atoms with E-state index in [4.69, 9.17) is 0 Å². The fourth-order valence-corrected chi connectivity index (χ4v) is 2.04. The molecular weight excluding hydrogens is 290 g/mol. The normalized spacial score (nSPS) is 11.0. The smallest absolute Gasteiger partial charge is 0.229 e. The van der Waals surface area contributed by atoms with Crippen molar-refractivity contribution in [2.45, 2.75) is 40.2 Å². The Kier molecular flexibility index (Phi) is 4.83. The Bertz CT molecular complexity index is 689. The lowest BCUT2D eigenvalue weighted by Gasteiger charge is -2.21. The molecule has 1 heterocycles. The molecule has 23 heavy (non-hydrogen) atoms. The Morgan fingerprint density at radius 1 is 1.04 bits per heavy atom. The molecule has 1 aromatic heterocycles. The highest BCUT2D eigenvalue weighted by atomic mass is 16.1. The summed E-state index contributed by atoms with van der Waals surface area (Å²) in [6, 6.07) is 9.31. The van der Waals surface area contributed by atoms with Crippen LogP contribution in [0.3, 0.4) is 0 Å². The molecule has 0 saturated carbocycles. The van der Waals surface area contributed by atoms with E-state index in [0.29, 0.717) is 5.95 Å². The highest BCUT2D eigenvalue weighted by molar-refractivity contribution is 5.88. The molecule has 0 bridgehead atoms. The molecule has 0 atom stereocenters. The zero-order valence-corrected chi connectivity index (χ0v) is 14.2. The summed E-state index contributed by atoms with van der Waals surface area (Å²) in [7, 11) is 0. The monoisotopic (exact) mass is 313 g/mol. The summed E-state index contributed by atoms with van der Waals surface area (Å²) >= 11 is 0. The summed E-state index contributed by atoms with van der Waals surface area (Å²) in [6.45, 7) is 9.66. The Balaban J connectivity index is 2.14. The number of aromatic nitrogens is 2. The van der Waals surface area contributed by atoms with E-state index in [2.05, 4.69) is 46.7 Å². The van der Waals surface area contributed by atoms with Crippen molar-refractivity contribution >= 4 is 29.0 Å². The molecule has 6 nitrogen and oxygen atoms in total. The summed E-state index contributed by atoms with van der Waals surface area (Å²) in [5.41, 5.74) is 2.41. The van der Waals surface area contributed by atoms with Crippen LogP contribution >= 0.6 is 0 Å². The first-order chi connectivity index (χ1) is 10.7. The molecular formula is C17H23N5O. The summed E-state index contributed by atoms with van der Waals surface area (Å²) < 4.78 is 0. The van der Waals surface area contributed by atoms with Crippen LogP contribution in [0, 0.1) is 6.92 Å². The minimum Gasteiger partial charge on any atom is -0.365 e. The van der Waals surface area contributed by atoms with E-state index in [9.17, 15) is 4.79 Å². The van der Waals surface area contributed by atoms with Gasteiger partial charge in [0, 0.05) is 35.6 Å². The Hall–Kier alpha value is -2.63. The summed E-state index contributed by atoms with van der Waals surface area (Å²) in [6.07, 6.45) is 0. The van der Waals surface area contributed by atoms with Gasteiger partial charge in [0.05, 0.1) is 0 Å². The van der Waals surface area contributed by atoms with Gasteiger partial charge in [-0.05, 0) is 52.0 Å². The van der Waals surface area contributed by atoms with Crippen LogP contribution in [-0.4, -0.2) is 21.4 Å². The van der Waals surface area contributed by atoms with E-state index in [1.807, 2.05) is 37.3 Å². The average molecular weight is 313 g/mol. The molecule has 0 fully saturated rings. The number of nitrogens with zero attached hydrogens (tertiary/aromatic N) is 2. The first kappa shape index (κ1) is 16.7. The van der Waals surface area contributed by atoms with Gasteiger partial charge in [0.2, 0.25) is 11.9 Å². The zero-order chi connectivity index (χ0) is 17.0. The third-order valence-electron chi connectivity index (χ3n) is 2.82. The van der Waals surface area contributed by atoms with Crippen molar-refractivity contribution in [3.63, 3.8) is 0 Å². The minimum atomic E-state index is -0.0920. The number of nitrogens with one attached hydrogen (secondary N) is 3. The van der Waals surface area contributed by atoms with Crippen molar-refractivity contribution in [2.75, 3.05) is 16.0 Å². The SMILES string of the molecule is CC(=O)Nc1ccc(Nc2nc(C)cc(NC(C)(C)C)n2)cc1. The Labute approximate surface area is 136 Å². The Morgan fingerprint density at radius 2 is 1.65 bits per heavy atom.